The molecule has 4 nitrogen and oxygen atoms in total. The first-order chi connectivity index (χ1) is 10.4. The Morgan fingerprint density at radius 2 is 2.00 bits per heavy atom. The Labute approximate surface area is 137 Å². The van der Waals surface area contributed by atoms with Crippen LogP contribution in [0.15, 0.2) is 16.6 Å². The highest BCUT2D eigenvalue weighted by atomic mass is 79.9. The normalized spacial score (nSPS) is 32.4. The number of fused-ring (bicyclic) bond motifs is 3. The summed E-state index contributed by atoms with van der Waals surface area (Å²) in [6.45, 7) is 0.751. The number of rotatable bonds is 1. The van der Waals surface area contributed by atoms with Crippen LogP contribution in [0.1, 0.15) is 42.4 Å². The molecule has 1 heterocycles. The van der Waals surface area contributed by atoms with Gasteiger partial charge in [-0.3, -0.25) is 4.79 Å². The van der Waals surface area contributed by atoms with E-state index in [0.29, 0.717) is 12.8 Å². The number of benzene rings is 1. The molecule has 1 saturated carbocycles. The van der Waals surface area contributed by atoms with Crippen molar-refractivity contribution in [3.05, 3.63) is 33.3 Å². The van der Waals surface area contributed by atoms with Gasteiger partial charge in [0.15, 0.2) is 0 Å². The Morgan fingerprint density at radius 3 is 2.68 bits per heavy atom. The first kappa shape index (κ1) is 14.3. The second kappa shape index (κ2) is 4.59. The fourth-order valence-corrected chi connectivity index (χ4v) is 4.88. The molecule has 3 N–H and O–H groups in total. The number of aliphatic carboxylic acids is 1. The van der Waals surface area contributed by atoms with Gasteiger partial charge in [0.2, 0.25) is 0 Å². The van der Waals surface area contributed by atoms with E-state index in [2.05, 4.69) is 34.1 Å². The van der Waals surface area contributed by atoms with Crippen molar-refractivity contribution < 1.29 is 14.6 Å². The van der Waals surface area contributed by atoms with Gasteiger partial charge in [-0.2, -0.15) is 0 Å². The van der Waals surface area contributed by atoms with E-state index in [1.165, 1.54) is 16.7 Å². The van der Waals surface area contributed by atoms with Crippen LogP contribution in [-0.4, -0.2) is 23.2 Å². The molecule has 1 aromatic carbocycles. The van der Waals surface area contributed by atoms with E-state index in [1.807, 2.05) is 0 Å². The summed E-state index contributed by atoms with van der Waals surface area (Å²) in [5, 5.41) is 9.35. The van der Waals surface area contributed by atoms with Gasteiger partial charge in [-0.1, -0.05) is 22.0 Å². The van der Waals surface area contributed by atoms with Crippen molar-refractivity contribution in [2.45, 2.75) is 43.1 Å². The summed E-state index contributed by atoms with van der Waals surface area (Å²) in [7, 11) is 0. The molecule has 3 aliphatic rings. The second-order valence-corrected chi connectivity index (χ2v) is 7.54. The molecule has 0 radical (unpaired) electrons. The van der Waals surface area contributed by atoms with Crippen LogP contribution in [0, 0.1) is 0 Å². The van der Waals surface area contributed by atoms with Gasteiger partial charge < -0.3 is 15.6 Å². The maximum absolute atomic E-state index is 11.4. The Balaban J connectivity index is 1.74. The molecule has 22 heavy (non-hydrogen) atoms. The third-order valence-corrected chi connectivity index (χ3v) is 6.53. The lowest BCUT2D eigenvalue weighted by molar-refractivity contribution is -0.145. The molecule has 116 valence electrons. The van der Waals surface area contributed by atoms with E-state index < -0.39 is 11.5 Å². The van der Waals surface area contributed by atoms with E-state index >= 15 is 0 Å². The molecule has 0 saturated heterocycles. The molecule has 1 fully saturated rings. The lowest BCUT2D eigenvalue weighted by atomic mass is 9.65. The number of halogens is 1. The van der Waals surface area contributed by atoms with Gasteiger partial charge in [0.05, 0.1) is 6.61 Å². The lowest BCUT2D eigenvalue weighted by Crippen LogP contribution is -2.53. The summed E-state index contributed by atoms with van der Waals surface area (Å²) in [5.41, 5.74) is 8.62. The molecule has 0 amide bonds. The predicted molar refractivity (Wildman–Crippen MR) is 87.2 cm³/mol. The van der Waals surface area contributed by atoms with Crippen LogP contribution in [0.2, 0.25) is 0 Å². The molecular weight excluding hydrogens is 346 g/mol. The summed E-state index contributed by atoms with van der Waals surface area (Å²) in [6.07, 6.45) is 5.63. The molecule has 1 aliphatic heterocycles. The molecular formula is C17H18BrNO3. The molecule has 0 bridgehead atoms. The van der Waals surface area contributed by atoms with Crippen molar-refractivity contribution >= 4 is 28.0 Å². The third-order valence-electron chi connectivity index (χ3n) is 5.54. The molecule has 1 aromatic rings. The average Bonchev–Trinajstić information content (AvgIpc) is 3.03. The van der Waals surface area contributed by atoms with Crippen LogP contribution in [0.25, 0.3) is 6.08 Å². The first-order valence-electron chi connectivity index (χ1n) is 7.65. The number of carboxylic acids is 1. The highest BCUT2D eigenvalue weighted by molar-refractivity contribution is 9.11. The largest absolute Gasteiger partial charge is 0.493 e. The highest BCUT2D eigenvalue weighted by Gasteiger charge is 2.49. The number of carbonyl (C=O) groups is 1. The first-order valence-corrected chi connectivity index (χ1v) is 8.44. The maximum atomic E-state index is 11.4. The highest BCUT2D eigenvalue weighted by Crippen LogP contribution is 2.55. The number of hydrogen-bond acceptors (Lipinski definition) is 3. The summed E-state index contributed by atoms with van der Waals surface area (Å²) in [6, 6.07) is 4.38. The van der Waals surface area contributed by atoms with Gasteiger partial charge in [-0.05, 0) is 54.5 Å². The predicted octanol–water partition coefficient (Wildman–Crippen LogP) is 2.96. The van der Waals surface area contributed by atoms with Crippen LogP contribution in [0.5, 0.6) is 5.75 Å². The van der Waals surface area contributed by atoms with Crippen LogP contribution in [0.3, 0.4) is 0 Å². The van der Waals surface area contributed by atoms with Gasteiger partial charge in [0.25, 0.3) is 0 Å². The average molecular weight is 364 g/mol. The Morgan fingerprint density at radius 1 is 1.27 bits per heavy atom. The standard InChI is InChI=1S/C17H18BrNO3/c18-14-9-11-8-13-10(1-6-22-13)7-12(11)16(14)2-4-17(19,5-3-16)15(20)21/h7-9H,1-6,19H2,(H,20,21). The van der Waals surface area contributed by atoms with Crippen molar-refractivity contribution in [3.8, 4) is 5.75 Å². The number of carboxylic acid groups (broad SMARTS) is 1. The quantitative estimate of drug-likeness (QED) is 0.804. The summed E-state index contributed by atoms with van der Waals surface area (Å²) in [4.78, 5) is 11.4. The number of ether oxygens (including phenoxy) is 1. The van der Waals surface area contributed by atoms with Gasteiger partial charge in [-0.15, -0.1) is 0 Å². The second-order valence-electron chi connectivity index (χ2n) is 6.68. The molecule has 4 rings (SSSR count). The minimum absolute atomic E-state index is 0.106. The summed E-state index contributed by atoms with van der Waals surface area (Å²) in [5.74, 6) is 0.102. The zero-order valence-electron chi connectivity index (χ0n) is 12.2. The number of hydrogen-bond donors (Lipinski definition) is 2. The van der Waals surface area contributed by atoms with Crippen molar-refractivity contribution in [1.82, 2.24) is 0 Å². The van der Waals surface area contributed by atoms with Gasteiger partial charge in [0.1, 0.15) is 11.3 Å². The van der Waals surface area contributed by atoms with Gasteiger partial charge >= 0.3 is 5.97 Å². The maximum Gasteiger partial charge on any atom is 0.323 e. The third kappa shape index (κ3) is 1.82. The molecule has 2 aliphatic carbocycles. The zero-order chi connectivity index (χ0) is 15.5. The lowest BCUT2D eigenvalue weighted by Gasteiger charge is -2.42. The van der Waals surface area contributed by atoms with Crippen LogP contribution in [0.4, 0.5) is 0 Å². The minimum atomic E-state index is -1.08. The van der Waals surface area contributed by atoms with Crippen LogP contribution < -0.4 is 10.5 Å². The zero-order valence-corrected chi connectivity index (χ0v) is 13.8. The van der Waals surface area contributed by atoms with Gasteiger partial charge in [0, 0.05) is 16.3 Å². The fourth-order valence-electron chi connectivity index (χ4n) is 4.02. The van der Waals surface area contributed by atoms with E-state index in [9.17, 15) is 9.90 Å². The smallest absolute Gasteiger partial charge is 0.323 e. The summed E-state index contributed by atoms with van der Waals surface area (Å²) < 4.78 is 6.80. The molecule has 1 spiro atoms. The monoisotopic (exact) mass is 363 g/mol. The van der Waals surface area contributed by atoms with Crippen molar-refractivity contribution in [2.24, 2.45) is 5.73 Å². The topological polar surface area (TPSA) is 72.6 Å². The Kier molecular flexibility index (Phi) is 2.97. The van der Waals surface area contributed by atoms with E-state index in [4.69, 9.17) is 10.5 Å². The molecule has 0 aromatic heterocycles. The number of nitrogens with two attached hydrogens (primary N) is 1. The van der Waals surface area contributed by atoms with Crippen molar-refractivity contribution in [1.29, 1.82) is 0 Å². The van der Waals surface area contributed by atoms with Crippen LogP contribution >= 0.6 is 15.9 Å². The minimum Gasteiger partial charge on any atom is -0.493 e. The molecule has 0 unspecified atom stereocenters. The summed E-state index contributed by atoms with van der Waals surface area (Å²) >= 11 is 3.73. The van der Waals surface area contributed by atoms with E-state index in [0.717, 1.165) is 36.1 Å². The molecule has 0 atom stereocenters. The van der Waals surface area contributed by atoms with Gasteiger partial charge in [-0.25, -0.2) is 0 Å². The van der Waals surface area contributed by atoms with E-state index in [-0.39, 0.29) is 5.41 Å². The van der Waals surface area contributed by atoms with Crippen LogP contribution in [-0.2, 0) is 16.6 Å². The Hall–Kier alpha value is -1.33. The fraction of sp³-hybridized carbons (Fsp3) is 0.471. The SMILES string of the molecule is NC1(C(=O)O)CCC2(CC1)C(Br)=Cc1cc3c(cc12)CCO3. The Bertz CT molecular complexity index is 702. The van der Waals surface area contributed by atoms with E-state index in [1.54, 1.807) is 0 Å². The van der Waals surface area contributed by atoms with Crippen molar-refractivity contribution in [2.75, 3.05) is 6.61 Å². The van der Waals surface area contributed by atoms with Crippen molar-refractivity contribution in [3.63, 3.8) is 0 Å². The number of allylic oxidation sites excluding steroid dienone is 1. The molecule has 5 heteroatoms.